The van der Waals surface area contributed by atoms with Gasteiger partial charge in [-0.1, -0.05) is 0 Å². The number of pyridine rings is 1. The van der Waals surface area contributed by atoms with E-state index in [1.807, 2.05) is 6.92 Å². The molecule has 0 saturated heterocycles. The molecule has 0 bridgehead atoms. The number of nitrogen functional groups attached to an aromatic ring is 1. The van der Waals surface area contributed by atoms with Crippen LogP contribution >= 0.6 is 0 Å². The molecule has 1 aromatic rings. The van der Waals surface area contributed by atoms with E-state index in [9.17, 15) is 0 Å². The van der Waals surface area contributed by atoms with Crippen LogP contribution in [-0.4, -0.2) is 11.2 Å². The Morgan fingerprint density at radius 3 is 2.90 bits per heavy atom. The Labute approximate surface area is 59.4 Å². The molecule has 10 heavy (non-hydrogen) atoms. The highest BCUT2D eigenvalue weighted by Crippen LogP contribution is 2.10. The fraction of sp³-hybridized carbons (Fsp3) is 0.143. The van der Waals surface area contributed by atoms with Crippen LogP contribution < -0.4 is 5.73 Å². The first kappa shape index (κ1) is 6.74. The van der Waals surface area contributed by atoms with E-state index in [0.29, 0.717) is 5.69 Å². The molecule has 1 rings (SSSR count). The number of aromatic nitrogens is 1. The van der Waals surface area contributed by atoms with Gasteiger partial charge in [0, 0.05) is 18.0 Å². The Bertz CT molecular complexity index is 255. The maximum absolute atomic E-state index is 6.95. The molecule has 0 fully saturated rings. The standard InChI is InChI=1S/C7H9N3/c1-5-7(9)6(4-8)2-3-10-5/h2-4,8H,9H2,1H3. The molecule has 0 aromatic carbocycles. The molecule has 0 aliphatic rings. The predicted octanol–water partition coefficient (Wildman–Crippen LogP) is 0.970. The number of nitrogens with two attached hydrogens (primary N) is 1. The second-order valence-corrected chi connectivity index (χ2v) is 2.04. The van der Waals surface area contributed by atoms with E-state index in [0.717, 1.165) is 11.3 Å². The number of rotatable bonds is 1. The highest BCUT2D eigenvalue weighted by atomic mass is 14.7. The number of hydrogen-bond donors (Lipinski definition) is 2. The molecule has 0 radical (unpaired) electrons. The number of aryl methyl sites for hydroxylation is 1. The molecule has 3 nitrogen and oxygen atoms in total. The van der Waals surface area contributed by atoms with Crippen LogP contribution in [0, 0.1) is 12.3 Å². The van der Waals surface area contributed by atoms with Gasteiger partial charge in [-0.2, -0.15) is 0 Å². The average Bonchev–Trinajstić information content (AvgIpc) is 1.95. The van der Waals surface area contributed by atoms with Gasteiger partial charge in [0.1, 0.15) is 0 Å². The molecule has 3 N–H and O–H groups in total. The first-order valence-corrected chi connectivity index (χ1v) is 2.97. The van der Waals surface area contributed by atoms with Crippen LogP contribution in [0.3, 0.4) is 0 Å². The van der Waals surface area contributed by atoms with Crippen molar-refractivity contribution in [3.05, 3.63) is 23.5 Å². The fourth-order valence-corrected chi connectivity index (χ4v) is 0.723. The Balaban J connectivity index is 3.27. The molecule has 3 heteroatoms. The first-order valence-electron chi connectivity index (χ1n) is 2.97. The lowest BCUT2D eigenvalue weighted by atomic mass is 10.2. The van der Waals surface area contributed by atoms with E-state index in [4.69, 9.17) is 11.1 Å². The van der Waals surface area contributed by atoms with Gasteiger partial charge in [0.15, 0.2) is 0 Å². The zero-order valence-electron chi connectivity index (χ0n) is 5.76. The van der Waals surface area contributed by atoms with Crippen LogP contribution in [0.1, 0.15) is 11.3 Å². The fourth-order valence-electron chi connectivity index (χ4n) is 0.723. The maximum Gasteiger partial charge on any atom is 0.0619 e. The maximum atomic E-state index is 6.95. The summed E-state index contributed by atoms with van der Waals surface area (Å²) in [4.78, 5) is 3.96. The van der Waals surface area contributed by atoms with E-state index < -0.39 is 0 Å². The van der Waals surface area contributed by atoms with Gasteiger partial charge in [-0.05, 0) is 13.0 Å². The molecule has 0 spiro atoms. The van der Waals surface area contributed by atoms with Gasteiger partial charge in [-0.3, -0.25) is 4.98 Å². The van der Waals surface area contributed by atoms with Crippen molar-refractivity contribution in [3.63, 3.8) is 0 Å². The number of anilines is 1. The molecular weight excluding hydrogens is 126 g/mol. The summed E-state index contributed by atoms with van der Waals surface area (Å²) < 4.78 is 0. The third-order valence-electron chi connectivity index (χ3n) is 1.38. The lowest BCUT2D eigenvalue weighted by Crippen LogP contribution is -1.97. The van der Waals surface area contributed by atoms with E-state index in [1.54, 1.807) is 12.3 Å². The molecule has 0 saturated carbocycles. The van der Waals surface area contributed by atoms with Gasteiger partial charge in [0.25, 0.3) is 0 Å². The van der Waals surface area contributed by atoms with E-state index in [-0.39, 0.29) is 0 Å². The zero-order valence-corrected chi connectivity index (χ0v) is 5.76. The molecule has 1 heterocycles. The second kappa shape index (κ2) is 2.47. The Morgan fingerprint density at radius 1 is 1.70 bits per heavy atom. The number of nitrogens with zero attached hydrogens (tertiary/aromatic N) is 1. The van der Waals surface area contributed by atoms with Crippen molar-refractivity contribution in [2.24, 2.45) is 0 Å². The van der Waals surface area contributed by atoms with Crippen LogP contribution in [-0.2, 0) is 0 Å². The molecule has 0 aliphatic carbocycles. The summed E-state index contributed by atoms with van der Waals surface area (Å²) in [7, 11) is 0. The summed E-state index contributed by atoms with van der Waals surface area (Å²) in [6, 6.07) is 1.72. The smallest absolute Gasteiger partial charge is 0.0619 e. The Morgan fingerprint density at radius 2 is 2.40 bits per heavy atom. The van der Waals surface area contributed by atoms with Crippen LogP contribution in [0.4, 0.5) is 5.69 Å². The third-order valence-corrected chi connectivity index (χ3v) is 1.38. The highest BCUT2D eigenvalue weighted by molar-refractivity contribution is 5.85. The summed E-state index contributed by atoms with van der Waals surface area (Å²) >= 11 is 0. The van der Waals surface area contributed by atoms with Gasteiger partial charge in [-0.15, -0.1) is 0 Å². The summed E-state index contributed by atoms with van der Waals surface area (Å²) in [6.07, 6.45) is 2.87. The quantitative estimate of drug-likeness (QED) is 0.563. The summed E-state index contributed by atoms with van der Waals surface area (Å²) in [5, 5.41) is 6.95. The van der Waals surface area contributed by atoms with Crippen molar-refractivity contribution in [1.82, 2.24) is 4.98 Å². The molecule has 0 amide bonds. The number of hydrogen-bond acceptors (Lipinski definition) is 3. The Kier molecular flexibility index (Phi) is 1.67. The van der Waals surface area contributed by atoms with Crippen molar-refractivity contribution >= 4 is 11.9 Å². The van der Waals surface area contributed by atoms with Gasteiger partial charge in [-0.25, -0.2) is 0 Å². The molecule has 0 aliphatic heterocycles. The van der Waals surface area contributed by atoms with Crippen molar-refractivity contribution in [2.45, 2.75) is 6.92 Å². The average molecular weight is 135 g/mol. The molecular formula is C7H9N3. The van der Waals surface area contributed by atoms with Crippen molar-refractivity contribution in [1.29, 1.82) is 5.41 Å². The summed E-state index contributed by atoms with van der Waals surface area (Å²) in [6.45, 7) is 1.82. The van der Waals surface area contributed by atoms with Crippen molar-refractivity contribution in [2.75, 3.05) is 5.73 Å². The topological polar surface area (TPSA) is 62.8 Å². The van der Waals surface area contributed by atoms with Crippen molar-refractivity contribution < 1.29 is 0 Å². The van der Waals surface area contributed by atoms with Crippen LogP contribution in [0.5, 0.6) is 0 Å². The van der Waals surface area contributed by atoms with Crippen LogP contribution in [0.15, 0.2) is 12.3 Å². The van der Waals surface area contributed by atoms with Crippen LogP contribution in [0.25, 0.3) is 0 Å². The van der Waals surface area contributed by atoms with Gasteiger partial charge >= 0.3 is 0 Å². The second-order valence-electron chi connectivity index (χ2n) is 2.04. The van der Waals surface area contributed by atoms with E-state index >= 15 is 0 Å². The molecule has 52 valence electrons. The van der Waals surface area contributed by atoms with E-state index in [2.05, 4.69) is 4.98 Å². The van der Waals surface area contributed by atoms with Crippen molar-refractivity contribution in [3.8, 4) is 0 Å². The first-order chi connectivity index (χ1) is 4.75. The van der Waals surface area contributed by atoms with Gasteiger partial charge < -0.3 is 11.1 Å². The summed E-state index contributed by atoms with van der Waals surface area (Å²) in [5.74, 6) is 0. The highest BCUT2D eigenvalue weighted by Gasteiger charge is 1.97. The lowest BCUT2D eigenvalue weighted by Gasteiger charge is -2.00. The Hall–Kier alpha value is -1.38. The minimum Gasteiger partial charge on any atom is -0.397 e. The molecule has 0 unspecified atom stereocenters. The van der Waals surface area contributed by atoms with E-state index in [1.165, 1.54) is 6.21 Å². The monoisotopic (exact) mass is 135 g/mol. The largest absolute Gasteiger partial charge is 0.397 e. The molecule has 0 atom stereocenters. The minimum atomic E-state index is 0.595. The summed E-state index contributed by atoms with van der Waals surface area (Å²) in [5.41, 5.74) is 7.68. The third kappa shape index (κ3) is 0.978. The number of nitrogens with one attached hydrogen (secondary N) is 1. The lowest BCUT2D eigenvalue weighted by molar-refractivity contribution is 1.20. The SMILES string of the molecule is Cc1nccc(C=N)c1N. The normalized spacial score (nSPS) is 9.30. The van der Waals surface area contributed by atoms with Gasteiger partial charge in [0.05, 0.1) is 11.4 Å². The predicted molar refractivity (Wildman–Crippen MR) is 41.3 cm³/mol. The van der Waals surface area contributed by atoms with Gasteiger partial charge in [0.2, 0.25) is 0 Å². The zero-order chi connectivity index (χ0) is 7.56. The molecule has 1 aromatic heterocycles. The minimum absolute atomic E-state index is 0.595. The van der Waals surface area contributed by atoms with Crippen LogP contribution in [0.2, 0.25) is 0 Å².